The zero-order valence-electron chi connectivity index (χ0n) is 14.8. The van der Waals surface area contributed by atoms with Crippen molar-refractivity contribution in [2.45, 2.75) is 13.8 Å². The number of hydrogen-bond acceptors (Lipinski definition) is 2. The molecule has 3 rings (SSSR count). The number of piperazine rings is 1. The average molecular weight is 375 g/mol. The summed E-state index contributed by atoms with van der Waals surface area (Å²) in [5.74, 6) is 0. The molecule has 25 heavy (non-hydrogen) atoms. The number of halogens is 2. The lowest BCUT2D eigenvalue weighted by Crippen LogP contribution is -2.46. The first kappa shape index (κ1) is 18.3. The zero-order valence-corrected chi connectivity index (χ0v) is 16.3. The van der Waals surface area contributed by atoms with Crippen LogP contribution >= 0.6 is 23.2 Å². The molecule has 0 unspecified atom stereocenters. The van der Waals surface area contributed by atoms with Gasteiger partial charge in [-0.3, -0.25) is 0 Å². The molecule has 1 aliphatic heterocycles. The highest BCUT2D eigenvalue weighted by Gasteiger charge is 2.19. The Balaban J connectivity index is 2.04. The van der Waals surface area contributed by atoms with Gasteiger partial charge in [-0.05, 0) is 37.2 Å². The summed E-state index contributed by atoms with van der Waals surface area (Å²) in [6, 6.07) is 12.2. The van der Waals surface area contributed by atoms with Crippen LogP contribution < -0.4 is 4.90 Å². The molecule has 2 aromatic carbocycles. The lowest BCUT2D eigenvalue weighted by atomic mass is 10.0. The smallest absolute Gasteiger partial charge is 0.0558 e. The SMILES string of the molecule is CC=Cc1cc(N2CCN(CC)CC2)cc(-c2ccccc2Cl)c1Cl. The van der Waals surface area contributed by atoms with Crippen LogP contribution in [0.2, 0.25) is 10.0 Å². The molecule has 0 aliphatic carbocycles. The first-order valence-corrected chi connectivity index (χ1v) is 9.58. The summed E-state index contributed by atoms with van der Waals surface area (Å²) < 4.78 is 0. The van der Waals surface area contributed by atoms with E-state index >= 15 is 0 Å². The molecule has 1 fully saturated rings. The molecule has 132 valence electrons. The Morgan fingerprint density at radius 1 is 1.00 bits per heavy atom. The molecule has 0 atom stereocenters. The summed E-state index contributed by atoms with van der Waals surface area (Å²) in [6.07, 6.45) is 4.09. The molecule has 2 nitrogen and oxygen atoms in total. The largest absolute Gasteiger partial charge is 0.369 e. The summed E-state index contributed by atoms with van der Waals surface area (Å²) in [6.45, 7) is 9.61. The van der Waals surface area contributed by atoms with Crippen LogP contribution in [-0.4, -0.2) is 37.6 Å². The molecule has 0 saturated carbocycles. The second kappa shape index (κ2) is 8.27. The maximum Gasteiger partial charge on any atom is 0.0558 e. The van der Waals surface area contributed by atoms with Crippen molar-refractivity contribution in [3.05, 3.63) is 58.1 Å². The van der Waals surface area contributed by atoms with E-state index in [0.29, 0.717) is 0 Å². The topological polar surface area (TPSA) is 6.48 Å². The lowest BCUT2D eigenvalue weighted by Gasteiger charge is -2.36. The third kappa shape index (κ3) is 4.03. The predicted molar refractivity (Wildman–Crippen MR) is 111 cm³/mol. The summed E-state index contributed by atoms with van der Waals surface area (Å²) in [5.41, 5.74) is 4.22. The van der Waals surface area contributed by atoms with Crippen LogP contribution in [0.5, 0.6) is 0 Å². The molecular weight excluding hydrogens is 351 g/mol. The Kier molecular flexibility index (Phi) is 6.06. The van der Waals surface area contributed by atoms with Crippen LogP contribution in [0.3, 0.4) is 0 Å². The van der Waals surface area contributed by atoms with Crippen molar-refractivity contribution < 1.29 is 0 Å². The number of benzene rings is 2. The van der Waals surface area contributed by atoms with Crippen molar-refractivity contribution in [2.24, 2.45) is 0 Å². The average Bonchev–Trinajstić information content (AvgIpc) is 2.64. The van der Waals surface area contributed by atoms with E-state index in [1.807, 2.05) is 37.3 Å². The van der Waals surface area contributed by atoms with Crippen LogP contribution in [0.15, 0.2) is 42.5 Å². The number of rotatable bonds is 4. The fourth-order valence-corrected chi connectivity index (χ4v) is 3.82. The Bertz CT molecular complexity index is 762. The van der Waals surface area contributed by atoms with Gasteiger partial charge >= 0.3 is 0 Å². The Morgan fingerprint density at radius 2 is 1.72 bits per heavy atom. The van der Waals surface area contributed by atoms with Crippen molar-refractivity contribution >= 4 is 35.0 Å². The molecule has 0 radical (unpaired) electrons. The second-order valence-electron chi connectivity index (χ2n) is 6.30. The van der Waals surface area contributed by atoms with E-state index < -0.39 is 0 Å². The van der Waals surface area contributed by atoms with E-state index in [2.05, 4.69) is 34.9 Å². The standard InChI is InChI=1S/C21H24Cl2N2/c1-3-7-16-14-17(25-12-10-24(4-2)11-13-25)15-19(21(16)23)18-8-5-6-9-20(18)22/h3,5-9,14-15H,4,10-13H2,1-2H3. The molecule has 0 aromatic heterocycles. The van der Waals surface area contributed by atoms with E-state index in [1.165, 1.54) is 5.69 Å². The van der Waals surface area contributed by atoms with Crippen LogP contribution in [0.25, 0.3) is 17.2 Å². The highest BCUT2D eigenvalue weighted by molar-refractivity contribution is 6.37. The molecule has 0 bridgehead atoms. The molecule has 0 spiro atoms. The number of nitrogens with zero attached hydrogens (tertiary/aromatic N) is 2. The maximum absolute atomic E-state index is 6.71. The fraction of sp³-hybridized carbons (Fsp3) is 0.333. The van der Waals surface area contributed by atoms with E-state index in [0.717, 1.165) is 59.5 Å². The van der Waals surface area contributed by atoms with Gasteiger partial charge < -0.3 is 9.80 Å². The second-order valence-corrected chi connectivity index (χ2v) is 7.08. The van der Waals surface area contributed by atoms with Gasteiger partial charge in [-0.25, -0.2) is 0 Å². The van der Waals surface area contributed by atoms with Gasteiger partial charge in [0.25, 0.3) is 0 Å². The van der Waals surface area contributed by atoms with Crippen molar-refractivity contribution in [3.8, 4) is 11.1 Å². The van der Waals surface area contributed by atoms with Crippen molar-refractivity contribution in [2.75, 3.05) is 37.6 Å². The summed E-state index contributed by atoms with van der Waals surface area (Å²) in [5, 5.41) is 1.48. The number of anilines is 1. The third-order valence-electron chi connectivity index (χ3n) is 4.78. The first-order valence-electron chi connectivity index (χ1n) is 8.82. The van der Waals surface area contributed by atoms with Crippen molar-refractivity contribution in [1.29, 1.82) is 0 Å². The van der Waals surface area contributed by atoms with Gasteiger partial charge in [0.05, 0.1) is 5.02 Å². The van der Waals surface area contributed by atoms with E-state index in [-0.39, 0.29) is 0 Å². The first-order chi connectivity index (χ1) is 12.1. The summed E-state index contributed by atoms with van der Waals surface area (Å²) in [7, 11) is 0. The summed E-state index contributed by atoms with van der Waals surface area (Å²) in [4.78, 5) is 4.92. The van der Waals surface area contributed by atoms with Gasteiger partial charge in [-0.2, -0.15) is 0 Å². The van der Waals surface area contributed by atoms with Crippen LogP contribution in [0.4, 0.5) is 5.69 Å². The minimum absolute atomic E-state index is 0.726. The number of likely N-dealkylation sites (N-methyl/N-ethyl adjacent to an activating group) is 1. The Morgan fingerprint density at radius 3 is 2.36 bits per heavy atom. The van der Waals surface area contributed by atoms with E-state index in [4.69, 9.17) is 23.2 Å². The number of allylic oxidation sites excluding steroid dienone is 1. The minimum Gasteiger partial charge on any atom is -0.369 e. The Labute approximate surface area is 160 Å². The molecule has 4 heteroatoms. The quantitative estimate of drug-likeness (QED) is 0.663. The molecule has 1 aliphatic rings. The van der Waals surface area contributed by atoms with Gasteiger partial charge in [-0.15, -0.1) is 0 Å². The van der Waals surface area contributed by atoms with E-state index in [9.17, 15) is 0 Å². The normalized spacial score (nSPS) is 15.9. The Hall–Kier alpha value is -1.48. The zero-order chi connectivity index (χ0) is 17.8. The molecule has 2 aromatic rings. The summed E-state index contributed by atoms with van der Waals surface area (Å²) >= 11 is 13.2. The number of hydrogen-bond donors (Lipinski definition) is 0. The predicted octanol–water partition coefficient (Wildman–Crippen LogP) is 5.84. The molecule has 1 heterocycles. The highest BCUT2D eigenvalue weighted by atomic mass is 35.5. The molecule has 0 N–H and O–H groups in total. The van der Waals surface area contributed by atoms with Gasteiger partial charge in [0, 0.05) is 48.0 Å². The van der Waals surface area contributed by atoms with Crippen molar-refractivity contribution in [1.82, 2.24) is 4.90 Å². The highest BCUT2D eigenvalue weighted by Crippen LogP contribution is 2.39. The van der Waals surface area contributed by atoms with E-state index in [1.54, 1.807) is 0 Å². The third-order valence-corrected chi connectivity index (χ3v) is 5.53. The van der Waals surface area contributed by atoms with Crippen LogP contribution in [0, 0.1) is 0 Å². The van der Waals surface area contributed by atoms with Gasteiger partial charge in [0.1, 0.15) is 0 Å². The van der Waals surface area contributed by atoms with Crippen LogP contribution in [-0.2, 0) is 0 Å². The molecule has 0 amide bonds. The van der Waals surface area contributed by atoms with Gasteiger partial charge in [-0.1, -0.05) is 60.5 Å². The molecule has 1 saturated heterocycles. The van der Waals surface area contributed by atoms with Crippen LogP contribution in [0.1, 0.15) is 19.4 Å². The van der Waals surface area contributed by atoms with Crippen molar-refractivity contribution in [3.63, 3.8) is 0 Å². The fourth-order valence-electron chi connectivity index (χ4n) is 3.31. The van der Waals surface area contributed by atoms with Gasteiger partial charge in [0.2, 0.25) is 0 Å². The minimum atomic E-state index is 0.726. The maximum atomic E-state index is 6.71. The van der Waals surface area contributed by atoms with Gasteiger partial charge in [0.15, 0.2) is 0 Å². The monoisotopic (exact) mass is 374 g/mol. The molecular formula is C21H24Cl2N2. The lowest BCUT2D eigenvalue weighted by molar-refractivity contribution is 0.271.